The molecule has 3 aromatic rings. The number of nitrogens with zero attached hydrogens (tertiary/aromatic N) is 1. The van der Waals surface area contributed by atoms with Crippen LogP contribution in [-0.2, 0) is 9.53 Å². The minimum atomic E-state index is -0.652. The maximum Gasteiger partial charge on any atom is 0.341 e. The number of benzene rings is 2. The predicted molar refractivity (Wildman–Crippen MR) is 126 cm³/mol. The number of hydrogen-bond acceptors (Lipinski definition) is 6. The Hall–Kier alpha value is -3.60. The molecule has 0 aliphatic carbocycles. The zero-order valence-corrected chi connectivity index (χ0v) is 18.9. The van der Waals surface area contributed by atoms with Crippen LogP contribution in [0.5, 0.6) is 5.75 Å². The molecule has 2 aromatic carbocycles. The number of carbonyl (C=O) groups excluding carboxylic acids is 2. The summed E-state index contributed by atoms with van der Waals surface area (Å²) in [7, 11) is 1.57. The van der Waals surface area contributed by atoms with Crippen molar-refractivity contribution in [3.63, 3.8) is 0 Å². The van der Waals surface area contributed by atoms with Crippen molar-refractivity contribution >= 4 is 45.9 Å². The molecule has 0 spiro atoms. The molecule has 1 heterocycles. The van der Waals surface area contributed by atoms with Gasteiger partial charge in [-0.3, -0.25) is 4.79 Å². The number of methoxy groups -OCH3 is 1. The smallest absolute Gasteiger partial charge is 0.341 e. The Labute approximate surface area is 194 Å². The standard InChI is InChI=1S/C24H19ClN2O4S/c1-3-31-24(29)21-19(15-8-10-18(30-2)11-9-15)14-32-23(21)27-22(28)17(13-26)12-16-6-4-5-7-20(16)25/h4-12,14H,3H2,1-2H3,(H,27,28). The van der Waals surface area contributed by atoms with Gasteiger partial charge in [-0.1, -0.05) is 41.9 Å². The first-order valence-corrected chi connectivity index (χ1v) is 10.8. The molecule has 0 aliphatic heterocycles. The Kier molecular flexibility index (Phi) is 7.66. The number of anilines is 1. The maximum absolute atomic E-state index is 12.8. The summed E-state index contributed by atoms with van der Waals surface area (Å²) in [6, 6.07) is 15.9. The van der Waals surface area contributed by atoms with Crippen LogP contribution in [0.1, 0.15) is 22.8 Å². The monoisotopic (exact) mass is 466 g/mol. The summed E-state index contributed by atoms with van der Waals surface area (Å²) >= 11 is 7.30. The fraction of sp³-hybridized carbons (Fsp3) is 0.125. The third kappa shape index (κ3) is 5.17. The van der Waals surface area contributed by atoms with E-state index in [2.05, 4.69) is 5.32 Å². The highest BCUT2D eigenvalue weighted by Gasteiger charge is 2.24. The van der Waals surface area contributed by atoms with E-state index in [0.717, 1.165) is 5.56 Å². The van der Waals surface area contributed by atoms with E-state index in [4.69, 9.17) is 21.1 Å². The van der Waals surface area contributed by atoms with Crippen LogP contribution in [0.4, 0.5) is 5.00 Å². The maximum atomic E-state index is 12.8. The summed E-state index contributed by atoms with van der Waals surface area (Å²) in [5.41, 5.74) is 1.99. The average Bonchev–Trinajstić information content (AvgIpc) is 3.22. The lowest BCUT2D eigenvalue weighted by molar-refractivity contribution is -0.112. The molecule has 0 aliphatic rings. The van der Waals surface area contributed by atoms with Gasteiger partial charge >= 0.3 is 5.97 Å². The highest BCUT2D eigenvalue weighted by atomic mass is 35.5. The second-order valence-electron chi connectivity index (χ2n) is 6.45. The van der Waals surface area contributed by atoms with Gasteiger partial charge in [-0.25, -0.2) is 4.79 Å². The number of ether oxygens (including phenoxy) is 2. The van der Waals surface area contributed by atoms with E-state index in [0.29, 0.717) is 26.9 Å². The van der Waals surface area contributed by atoms with Crippen molar-refractivity contribution in [2.24, 2.45) is 0 Å². The van der Waals surface area contributed by atoms with Crippen molar-refractivity contribution in [2.75, 3.05) is 19.0 Å². The number of nitrogens with one attached hydrogen (secondary N) is 1. The minimum Gasteiger partial charge on any atom is -0.497 e. The normalized spacial score (nSPS) is 10.9. The summed E-state index contributed by atoms with van der Waals surface area (Å²) in [5, 5.41) is 14.6. The molecule has 1 aromatic heterocycles. The quantitative estimate of drug-likeness (QED) is 0.270. The molecule has 0 saturated carbocycles. The lowest BCUT2D eigenvalue weighted by Gasteiger charge is -2.09. The second kappa shape index (κ2) is 10.6. The van der Waals surface area contributed by atoms with Crippen LogP contribution >= 0.6 is 22.9 Å². The van der Waals surface area contributed by atoms with Gasteiger partial charge in [-0.2, -0.15) is 5.26 Å². The zero-order chi connectivity index (χ0) is 23.1. The van der Waals surface area contributed by atoms with Gasteiger partial charge in [0.05, 0.1) is 13.7 Å². The van der Waals surface area contributed by atoms with E-state index in [1.165, 1.54) is 17.4 Å². The Morgan fingerprint density at radius 1 is 1.19 bits per heavy atom. The highest BCUT2D eigenvalue weighted by Crippen LogP contribution is 2.37. The third-order valence-electron chi connectivity index (χ3n) is 4.47. The number of hydrogen-bond donors (Lipinski definition) is 1. The van der Waals surface area contributed by atoms with Crippen molar-refractivity contribution in [3.8, 4) is 22.9 Å². The molecule has 1 amide bonds. The topological polar surface area (TPSA) is 88.4 Å². The fourth-order valence-corrected chi connectivity index (χ4v) is 4.05. The number of carbonyl (C=O) groups is 2. The molecule has 0 atom stereocenters. The molecule has 6 nitrogen and oxygen atoms in total. The van der Waals surface area contributed by atoms with E-state index < -0.39 is 11.9 Å². The molecule has 3 rings (SSSR count). The van der Waals surface area contributed by atoms with E-state index >= 15 is 0 Å². The van der Waals surface area contributed by atoms with Crippen LogP contribution in [-0.4, -0.2) is 25.6 Å². The van der Waals surface area contributed by atoms with E-state index in [1.54, 1.807) is 55.8 Å². The Morgan fingerprint density at radius 3 is 2.53 bits per heavy atom. The third-order valence-corrected chi connectivity index (χ3v) is 5.71. The van der Waals surface area contributed by atoms with E-state index in [9.17, 15) is 14.9 Å². The van der Waals surface area contributed by atoms with Crippen LogP contribution in [0.3, 0.4) is 0 Å². The molecule has 162 valence electrons. The Morgan fingerprint density at radius 2 is 1.91 bits per heavy atom. The molecule has 0 fully saturated rings. The SMILES string of the molecule is CCOC(=O)c1c(-c2ccc(OC)cc2)csc1NC(=O)C(C#N)=Cc1ccccc1Cl. The van der Waals surface area contributed by atoms with E-state index in [1.807, 2.05) is 18.2 Å². The molecule has 0 unspecified atom stereocenters. The Balaban J connectivity index is 1.97. The molecular weight excluding hydrogens is 448 g/mol. The first-order valence-electron chi connectivity index (χ1n) is 9.59. The van der Waals surface area contributed by atoms with Crippen molar-refractivity contribution in [1.29, 1.82) is 5.26 Å². The highest BCUT2D eigenvalue weighted by molar-refractivity contribution is 7.15. The van der Waals surface area contributed by atoms with Crippen molar-refractivity contribution in [3.05, 3.63) is 75.6 Å². The van der Waals surface area contributed by atoms with Crippen LogP contribution in [0, 0.1) is 11.3 Å². The first kappa shape index (κ1) is 23.1. The van der Waals surface area contributed by atoms with Gasteiger partial charge in [0, 0.05) is 16.0 Å². The lowest BCUT2D eigenvalue weighted by Crippen LogP contribution is -2.16. The van der Waals surface area contributed by atoms with Gasteiger partial charge in [-0.15, -0.1) is 11.3 Å². The number of esters is 1. The molecule has 0 radical (unpaired) electrons. The summed E-state index contributed by atoms with van der Waals surface area (Å²) in [6.07, 6.45) is 1.40. The lowest BCUT2D eigenvalue weighted by atomic mass is 10.0. The Bertz CT molecular complexity index is 1210. The van der Waals surface area contributed by atoms with Crippen LogP contribution in [0.15, 0.2) is 59.5 Å². The van der Waals surface area contributed by atoms with Gasteiger partial charge in [0.25, 0.3) is 5.91 Å². The van der Waals surface area contributed by atoms with Crippen molar-refractivity contribution in [2.45, 2.75) is 6.92 Å². The van der Waals surface area contributed by atoms with Gasteiger partial charge in [0.2, 0.25) is 0 Å². The van der Waals surface area contributed by atoms with Crippen LogP contribution in [0.2, 0.25) is 5.02 Å². The van der Waals surface area contributed by atoms with Gasteiger partial charge in [0.15, 0.2) is 0 Å². The van der Waals surface area contributed by atoms with Crippen molar-refractivity contribution < 1.29 is 19.1 Å². The van der Waals surface area contributed by atoms with E-state index in [-0.39, 0.29) is 17.7 Å². The summed E-state index contributed by atoms with van der Waals surface area (Å²) in [4.78, 5) is 25.5. The fourth-order valence-electron chi connectivity index (χ4n) is 2.91. The van der Waals surface area contributed by atoms with Gasteiger partial charge in [-0.05, 0) is 42.3 Å². The molecule has 0 saturated heterocycles. The molecule has 32 heavy (non-hydrogen) atoms. The summed E-state index contributed by atoms with van der Waals surface area (Å²) < 4.78 is 10.4. The number of nitriles is 1. The molecule has 8 heteroatoms. The molecule has 1 N–H and O–H groups in total. The largest absolute Gasteiger partial charge is 0.497 e. The van der Waals surface area contributed by atoms with Gasteiger partial charge in [0.1, 0.15) is 28.0 Å². The number of rotatable bonds is 7. The number of amides is 1. The summed E-state index contributed by atoms with van der Waals surface area (Å²) in [6.45, 7) is 1.88. The number of thiophene rings is 1. The molecule has 0 bridgehead atoms. The summed E-state index contributed by atoms with van der Waals surface area (Å²) in [5.74, 6) is -0.539. The van der Waals surface area contributed by atoms with Gasteiger partial charge < -0.3 is 14.8 Å². The van der Waals surface area contributed by atoms with Crippen LogP contribution in [0.25, 0.3) is 17.2 Å². The first-order chi connectivity index (χ1) is 15.5. The average molecular weight is 467 g/mol. The number of halogens is 1. The zero-order valence-electron chi connectivity index (χ0n) is 17.3. The van der Waals surface area contributed by atoms with Crippen molar-refractivity contribution in [1.82, 2.24) is 0 Å². The predicted octanol–water partition coefficient (Wildman–Crippen LogP) is 5.80. The second-order valence-corrected chi connectivity index (χ2v) is 7.73. The minimum absolute atomic E-state index is 0.146. The van der Waals surface area contributed by atoms with Crippen LogP contribution < -0.4 is 10.1 Å². The molecular formula is C24H19ClN2O4S.